The van der Waals surface area contributed by atoms with E-state index < -0.39 is 0 Å². The molecule has 3 heteroatoms. The van der Waals surface area contributed by atoms with E-state index >= 15 is 0 Å². The van der Waals surface area contributed by atoms with Crippen LogP contribution in [0.25, 0.3) is 0 Å². The molecule has 0 radical (unpaired) electrons. The van der Waals surface area contributed by atoms with E-state index in [0.29, 0.717) is 0 Å². The fourth-order valence-electron chi connectivity index (χ4n) is 2.13. The molecule has 0 aromatic heterocycles. The largest absolute Gasteiger partial charge is 0.255 e. The van der Waals surface area contributed by atoms with Crippen molar-refractivity contribution in [3.8, 4) is 0 Å². The monoisotopic (exact) mass is 398 g/mol. The topological polar surface area (TPSA) is 24.7 Å². The maximum absolute atomic E-state index is 4.72. The smallest absolute Gasteiger partial charge is 0.0633 e. The van der Waals surface area contributed by atoms with Gasteiger partial charge in [-0.15, -0.1) is 0 Å². The van der Waals surface area contributed by atoms with Gasteiger partial charge in [-0.05, 0) is 62.1 Å². The second kappa shape index (κ2) is 10.3. The summed E-state index contributed by atoms with van der Waals surface area (Å²) in [6, 6.07) is 16.4. The second-order valence-electron chi connectivity index (χ2n) is 5.57. The summed E-state index contributed by atoms with van der Waals surface area (Å²) in [4.78, 5) is 9.32. The summed E-state index contributed by atoms with van der Waals surface area (Å²) < 4.78 is 0. The first-order valence-corrected chi connectivity index (χ1v) is 7.93. The third kappa shape index (κ3) is 6.61. The first-order chi connectivity index (χ1) is 10.7. The van der Waals surface area contributed by atoms with E-state index in [0.717, 1.165) is 36.3 Å². The molecule has 23 heavy (non-hydrogen) atoms. The standard InChI is InChI=1S/C20H24N2.Pd/c1-4-5-9-20(22-18-10-7-6-8-11-18)15-21-19-13-12-16(2)17(3)14-19;/h6-8,10-15H,4-5,9H2,1-3H3;/b21-15+,22-20+;. The number of hydrogen-bond donors (Lipinski definition) is 0. The van der Waals surface area contributed by atoms with Crippen LogP contribution in [0.4, 0.5) is 11.4 Å². The van der Waals surface area contributed by atoms with Gasteiger partial charge in [0.1, 0.15) is 0 Å². The van der Waals surface area contributed by atoms with Crippen LogP contribution in [0.2, 0.25) is 0 Å². The molecular weight excluding hydrogens is 375 g/mol. The van der Waals surface area contributed by atoms with Crippen molar-refractivity contribution in [3.63, 3.8) is 0 Å². The third-order valence-electron chi connectivity index (χ3n) is 3.67. The Labute approximate surface area is 153 Å². The van der Waals surface area contributed by atoms with Gasteiger partial charge >= 0.3 is 0 Å². The number of unbranched alkanes of at least 4 members (excludes halogenated alkanes) is 1. The number of aliphatic imine (C=N–C) groups is 2. The van der Waals surface area contributed by atoms with Crippen molar-refractivity contribution in [2.75, 3.05) is 0 Å². The van der Waals surface area contributed by atoms with E-state index in [-0.39, 0.29) is 20.4 Å². The molecule has 0 atom stereocenters. The predicted molar refractivity (Wildman–Crippen MR) is 97.1 cm³/mol. The normalized spacial score (nSPS) is 11.5. The van der Waals surface area contributed by atoms with Crippen molar-refractivity contribution in [1.29, 1.82) is 0 Å². The van der Waals surface area contributed by atoms with Gasteiger partial charge in [0.25, 0.3) is 0 Å². The van der Waals surface area contributed by atoms with E-state index in [2.05, 4.69) is 44.0 Å². The quantitative estimate of drug-likeness (QED) is 0.423. The maximum atomic E-state index is 4.72. The van der Waals surface area contributed by atoms with Crippen LogP contribution in [-0.4, -0.2) is 11.9 Å². The van der Waals surface area contributed by atoms with Crippen LogP contribution in [0, 0.1) is 13.8 Å². The molecule has 2 aromatic carbocycles. The molecule has 0 bridgehead atoms. The number of benzene rings is 2. The molecule has 124 valence electrons. The van der Waals surface area contributed by atoms with Crippen molar-refractivity contribution in [1.82, 2.24) is 0 Å². The van der Waals surface area contributed by atoms with Gasteiger partial charge in [-0.2, -0.15) is 0 Å². The van der Waals surface area contributed by atoms with E-state index in [1.165, 1.54) is 11.1 Å². The van der Waals surface area contributed by atoms with Crippen LogP contribution in [0.5, 0.6) is 0 Å². The fourth-order valence-corrected chi connectivity index (χ4v) is 2.13. The zero-order valence-electron chi connectivity index (χ0n) is 14.0. The summed E-state index contributed by atoms with van der Waals surface area (Å²) in [5.41, 5.74) is 5.57. The molecule has 0 heterocycles. The number of nitrogens with zero attached hydrogens (tertiary/aromatic N) is 2. The Morgan fingerprint density at radius 2 is 1.70 bits per heavy atom. The van der Waals surface area contributed by atoms with Crippen LogP contribution >= 0.6 is 0 Å². The van der Waals surface area contributed by atoms with Gasteiger partial charge in [-0.25, -0.2) is 0 Å². The van der Waals surface area contributed by atoms with E-state index in [9.17, 15) is 0 Å². The van der Waals surface area contributed by atoms with Crippen molar-refractivity contribution in [2.45, 2.75) is 40.0 Å². The zero-order valence-corrected chi connectivity index (χ0v) is 15.6. The molecular formula is C20H24N2Pd. The number of hydrogen-bond acceptors (Lipinski definition) is 2. The van der Waals surface area contributed by atoms with Crippen LogP contribution in [0.1, 0.15) is 37.3 Å². The van der Waals surface area contributed by atoms with E-state index in [1.807, 2.05) is 36.5 Å². The third-order valence-corrected chi connectivity index (χ3v) is 3.67. The summed E-state index contributed by atoms with van der Waals surface area (Å²) in [7, 11) is 0. The Hall–Kier alpha value is -1.56. The van der Waals surface area contributed by atoms with Gasteiger partial charge in [0.15, 0.2) is 0 Å². The van der Waals surface area contributed by atoms with E-state index in [4.69, 9.17) is 4.99 Å². The maximum Gasteiger partial charge on any atom is 0.0633 e. The number of aryl methyl sites for hydroxylation is 2. The second-order valence-corrected chi connectivity index (χ2v) is 5.57. The van der Waals surface area contributed by atoms with Gasteiger partial charge in [0.05, 0.1) is 17.1 Å². The summed E-state index contributed by atoms with van der Waals surface area (Å²) in [6.07, 6.45) is 5.16. The fraction of sp³-hybridized carbons (Fsp3) is 0.300. The Morgan fingerprint density at radius 1 is 0.957 bits per heavy atom. The minimum absolute atomic E-state index is 0. The summed E-state index contributed by atoms with van der Waals surface area (Å²) >= 11 is 0. The van der Waals surface area contributed by atoms with Crippen molar-refractivity contribution < 1.29 is 20.4 Å². The minimum atomic E-state index is 0. The first kappa shape index (κ1) is 19.5. The van der Waals surface area contributed by atoms with Gasteiger partial charge < -0.3 is 0 Å². The molecule has 2 rings (SSSR count). The van der Waals surface area contributed by atoms with Crippen LogP contribution in [-0.2, 0) is 20.4 Å². The summed E-state index contributed by atoms with van der Waals surface area (Å²) in [6.45, 7) is 6.43. The van der Waals surface area contributed by atoms with Crippen LogP contribution in [0.3, 0.4) is 0 Å². The molecule has 0 spiro atoms. The zero-order chi connectivity index (χ0) is 15.8. The molecule has 2 aromatic rings. The summed E-state index contributed by atoms with van der Waals surface area (Å²) in [5, 5.41) is 0. The predicted octanol–water partition coefficient (Wildman–Crippen LogP) is 5.97. The van der Waals surface area contributed by atoms with Crippen LogP contribution < -0.4 is 0 Å². The molecule has 0 N–H and O–H groups in total. The van der Waals surface area contributed by atoms with Crippen LogP contribution in [0.15, 0.2) is 58.5 Å². The average molecular weight is 399 g/mol. The Morgan fingerprint density at radius 3 is 2.35 bits per heavy atom. The Kier molecular flexibility index (Phi) is 8.69. The summed E-state index contributed by atoms with van der Waals surface area (Å²) in [5.74, 6) is 0. The van der Waals surface area contributed by atoms with Gasteiger partial charge in [-0.3, -0.25) is 9.98 Å². The molecule has 0 saturated carbocycles. The molecule has 0 aliphatic rings. The molecule has 0 unspecified atom stereocenters. The SMILES string of the molecule is CCCCC(/C=N/c1ccc(C)c(C)c1)=N\c1ccccc1.[Pd]. The Bertz CT molecular complexity index is 661. The molecule has 0 aliphatic carbocycles. The average Bonchev–Trinajstić information content (AvgIpc) is 2.54. The van der Waals surface area contributed by atoms with Crippen molar-refractivity contribution >= 4 is 23.3 Å². The molecule has 2 nitrogen and oxygen atoms in total. The number of rotatable bonds is 6. The number of para-hydroxylation sites is 1. The van der Waals surface area contributed by atoms with Crippen molar-refractivity contribution in [2.24, 2.45) is 9.98 Å². The molecule has 0 amide bonds. The first-order valence-electron chi connectivity index (χ1n) is 7.93. The van der Waals surface area contributed by atoms with Crippen molar-refractivity contribution in [3.05, 3.63) is 59.7 Å². The molecule has 0 saturated heterocycles. The molecule has 0 fully saturated rings. The van der Waals surface area contributed by atoms with Gasteiger partial charge in [0, 0.05) is 26.6 Å². The minimum Gasteiger partial charge on any atom is -0.255 e. The van der Waals surface area contributed by atoms with Gasteiger partial charge in [0.2, 0.25) is 0 Å². The van der Waals surface area contributed by atoms with Gasteiger partial charge in [-0.1, -0.05) is 37.6 Å². The molecule has 0 aliphatic heterocycles. The van der Waals surface area contributed by atoms with E-state index in [1.54, 1.807) is 0 Å². The Balaban J connectivity index is 0.00000264.